The zero-order chi connectivity index (χ0) is 12.1. The smallest absolute Gasteiger partial charge is 0.127 e. The molecule has 2 rings (SSSR count). The Hall–Kier alpha value is -1.06. The van der Waals surface area contributed by atoms with E-state index in [-0.39, 0.29) is 0 Å². The molecule has 1 heterocycles. The molecule has 0 aliphatic rings. The van der Waals surface area contributed by atoms with Gasteiger partial charge in [-0.05, 0) is 36.2 Å². The molecule has 0 fully saturated rings. The first-order valence-corrected chi connectivity index (χ1v) is 6.51. The van der Waals surface area contributed by atoms with Crippen LogP contribution in [0.2, 0.25) is 5.02 Å². The second kappa shape index (κ2) is 6.03. The number of benzene rings is 1. The summed E-state index contributed by atoms with van der Waals surface area (Å²) < 4.78 is 1.03. The van der Waals surface area contributed by atoms with Crippen LogP contribution in [0.4, 0.5) is 5.82 Å². The van der Waals surface area contributed by atoms with Gasteiger partial charge in [-0.2, -0.15) is 0 Å². The number of halogens is 2. The minimum Gasteiger partial charge on any atom is -0.370 e. The van der Waals surface area contributed by atoms with E-state index in [0.717, 1.165) is 28.3 Å². The highest BCUT2D eigenvalue weighted by Gasteiger charge is 1.96. The molecule has 17 heavy (non-hydrogen) atoms. The predicted molar refractivity (Wildman–Crippen MR) is 75.6 cm³/mol. The van der Waals surface area contributed by atoms with Crippen LogP contribution in [0, 0.1) is 0 Å². The third-order valence-electron chi connectivity index (χ3n) is 2.36. The fraction of sp³-hybridized carbons (Fsp3) is 0.154. The van der Waals surface area contributed by atoms with Crippen LogP contribution in [0.3, 0.4) is 0 Å². The summed E-state index contributed by atoms with van der Waals surface area (Å²) in [5.74, 6) is 0.883. The minimum atomic E-state index is 0.773. The van der Waals surface area contributed by atoms with Gasteiger partial charge in [-0.3, -0.25) is 0 Å². The summed E-state index contributed by atoms with van der Waals surface area (Å²) >= 11 is 9.24. The van der Waals surface area contributed by atoms with Crippen molar-refractivity contribution < 1.29 is 0 Å². The largest absolute Gasteiger partial charge is 0.370 e. The van der Waals surface area contributed by atoms with E-state index in [4.69, 9.17) is 11.6 Å². The molecular formula is C13H12BrClN2. The van der Waals surface area contributed by atoms with E-state index in [2.05, 4.69) is 26.2 Å². The molecule has 0 radical (unpaired) electrons. The molecule has 0 atom stereocenters. The van der Waals surface area contributed by atoms with Crippen molar-refractivity contribution in [1.29, 1.82) is 0 Å². The van der Waals surface area contributed by atoms with Crippen LogP contribution >= 0.6 is 27.5 Å². The number of nitrogens with one attached hydrogen (secondary N) is 1. The number of nitrogens with zero attached hydrogens (tertiary/aromatic N) is 1. The third kappa shape index (κ3) is 4.02. The number of aromatic nitrogens is 1. The summed E-state index contributed by atoms with van der Waals surface area (Å²) in [5.41, 5.74) is 1.26. The monoisotopic (exact) mass is 310 g/mol. The summed E-state index contributed by atoms with van der Waals surface area (Å²) in [7, 11) is 0. The van der Waals surface area contributed by atoms with Crippen LogP contribution in [0.5, 0.6) is 0 Å². The molecule has 0 bridgehead atoms. The summed E-state index contributed by atoms with van der Waals surface area (Å²) in [6.07, 6.45) is 2.72. The molecule has 0 aliphatic carbocycles. The lowest BCUT2D eigenvalue weighted by Crippen LogP contribution is -2.05. The zero-order valence-electron chi connectivity index (χ0n) is 9.16. The summed E-state index contributed by atoms with van der Waals surface area (Å²) in [6, 6.07) is 11.8. The molecule has 0 amide bonds. The van der Waals surface area contributed by atoms with E-state index < -0.39 is 0 Å². The maximum atomic E-state index is 5.83. The maximum absolute atomic E-state index is 5.83. The molecule has 0 saturated carbocycles. The minimum absolute atomic E-state index is 0.773. The summed E-state index contributed by atoms with van der Waals surface area (Å²) in [5, 5.41) is 4.05. The number of hydrogen-bond acceptors (Lipinski definition) is 2. The Morgan fingerprint density at radius 3 is 2.65 bits per heavy atom. The average Bonchev–Trinajstić information content (AvgIpc) is 2.32. The Balaban J connectivity index is 1.85. The van der Waals surface area contributed by atoms with E-state index in [0.29, 0.717) is 0 Å². The Morgan fingerprint density at radius 1 is 1.18 bits per heavy atom. The molecule has 0 unspecified atom stereocenters. The fourth-order valence-electron chi connectivity index (χ4n) is 1.49. The molecule has 0 aliphatic heterocycles. The zero-order valence-corrected chi connectivity index (χ0v) is 11.5. The topological polar surface area (TPSA) is 24.9 Å². The molecule has 0 saturated heterocycles. The average molecular weight is 312 g/mol. The van der Waals surface area contributed by atoms with Gasteiger partial charge in [0, 0.05) is 22.2 Å². The van der Waals surface area contributed by atoms with E-state index in [1.54, 1.807) is 6.20 Å². The SMILES string of the molecule is Clc1ccc(CCNc2cc(Br)ccn2)cc1. The highest BCUT2D eigenvalue weighted by molar-refractivity contribution is 9.10. The van der Waals surface area contributed by atoms with Crippen LogP contribution < -0.4 is 5.32 Å². The van der Waals surface area contributed by atoms with Crippen molar-refractivity contribution in [2.75, 3.05) is 11.9 Å². The molecule has 1 aromatic heterocycles. The van der Waals surface area contributed by atoms with Gasteiger partial charge in [-0.1, -0.05) is 39.7 Å². The highest BCUT2D eigenvalue weighted by Crippen LogP contribution is 2.13. The van der Waals surface area contributed by atoms with Crippen molar-refractivity contribution in [2.45, 2.75) is 6.42 Å². The van der Waals surface area contributed by atoms with Crippen molar-refractivity contribution in [3.05, 3.63) is 57.7 Å². The lowest BCUT2D eigenvalue weighted by molar-refractivity contribution is 1.01. The second-order valence-corrected chi connectivity index (χ2v) is 5.01. The van der Waals surface area contributed by atoms with Gasteiger partial charge in [-0.15, -0.1) is 0 Å². The molecule has 0 spiro atoms. The van der Waals surface area contributed by atoms with Crippen molar-refractivity contribution in [3.8, 4) is 0 Å². The Kier molecular flexibility index (Phi) is 4.40. The van der Waals surface area contributed by atoms with Crippen molar-refractivity contribution >= 4 is 33.3 Å². The first-order chi connectivity index (χ1) is 8.24. The van der Waals surface area contributed by atoms with Crippen LogP contribution in [-0.4, -0.2) is 11.5 Å². The van der Waals surface area contributed by atoms with E-state index in [9.17, 15) is 0 Å². The van der Waals surface area contributed by atoms with Gasteiger partial charge in [-0.25, -0.2) is 4.98 Å². The Bertz CT molecular complexity index is 485. The lowest BCUT2D eigenvalue weighted by atomic mass is 10.1. The fourth-order valence-corrected chi connectivity index (χ4v) is 1.95. The van der Waals surface area contributed by atoms with Gasteiger partial charge in [0.1, 0.15) is 5.82 Å². The van der Waals surface area contributed by atoms with Gasteiger partial charge in [0.25, 0.3) is 0 Å². The van der Waals surface area contributed by atoms with Crippen LogP contribution in [-0.2, 0) is 6.42 Å². The lowest BCUT2D eigenvalue weighted by Gasteiger charge is -2.05. The van der Waals surface area contributed by atoms with E-state index in [1.807, 2.05) is 36.4 Å². The molecule has 2 aromatic rings. The third-order valence-corrected chi connectivity index (χ3v) is 3.10. The summed E-state index contributed by atoms with van der Waals surface area (Å²) in [6.45, 7) is 0.852. The Morgan fingerprint density at radius 2 is 1.94 bits per heavy atom. The molecule has 2 nitrogen and oxygen atoms in total. The van der Waals surface area contributed by atoms with Crippen LogP contribution in [0.1, 0.15) is 5.56 Å². The Labute approximate surface area is 114 Å². The van der Waals surface area contributed by atoms with Gasteiger partial charge < -0.3 is 5.32 Å². The van der Waals surface area contributed by atoms with Crippen molar-refractivity contribution in [1.82, 2.24) is 4.98 Å². The number of pyridine rings is 1. The molecule has 88 valence electrons. The second-order valence-electron chi connectivity index (χ2n) is 3.66. The molecular weight excluding hydrogens is 300 g/mol. The molecule has 1 aromatic carbocycles. The quantitative estimate of drug-likeness (QED) is 0.917. The van der Waals surface area contributed by atoms with Gasteiger partial charge in [0.2, 0.25) is 0 Å². The van der Waals surface area contributed by atoms with Gasteiger partial charge in [0.15, 0.2) is 0 Å². The van der Waals surface area contributed by atoms with E-state index in [1.165, 1.54) is 5.56 Å². The van der Waals surface area contributed by atoms with Gasteiger partial charge >= 0.3 is 0 Å². The summed E-state index contributed by atoms with van der Waals surface area (Å²) in [4.78, 5) is 4.22. The normalized spacial score (nSPS) is 10.2. The van der Waals surface area contributed by atoms with Crippen LogP contribution in [0.25, 0.3) is 0 Å². The van der Waals surface area contributed by atoms with Crippen LogP contribution in [0.15, 0.2) is 47.1 Å². The molecule has 4 heteroatoms. The number of rotatable bonds is 4. The molecule has 1 N–H and O–H groups in total. The van der Waals surface area contributed by atoms with Crippen molar-refractivity contribution in [2.24, 2.45) is 0 Å². The van der Waals surface area contributed by atoms with Crippen molar-refractivity contribution in [3.63, 3.8) is 0 Å². The standard InChI is InChI=1S/C13H12BrClN2/c14-11-6-8-17-13(9-11)16-7-5-10-1-3-12(15)4-2-10/h1-4,6,8-9H,5,7H2,(H,16,17). The number of anilines is 1. The first kappa shape index (κ1) is 12.4. The predicted octanol–water partition coefficient (Wildman–Crippen LogP) is 4.15. The first-order valence-electron chi connectivity index (χ1n) is 5.34. The number of hydrogen-bond donors (Lipinski definition) is 1. The van der Waals surface area contributed by atoms with E-state index >= 15 is 0 Å². The highest BCUT2D eigenvalue weighted by atomic mass is 79.9. The van der Waals surface area contributed by atoms with Gasteiger partial charge in [0.05, 0.1) is 0 Å². The maximum Gasteiger partial charge on any atom is 0.127 e.